The number of alkyl halides is 3. The molecule has 0 fully saturated rings. The number of hydrogen-bond donors (Lipinski definition) is 2. The Morgan fingerprint density at radius 3 is 2.16 bits per heavy atom. The van der Waals surface area contributed by atoms with Crippen molar-refractivity contribution >= 4 is 27.9 Å². The summed E-state index contributed by atoms with van der Waals surface area (Å²) >= 11 is 0. The van der Waals surface area contributed by atoms with Crippen LogP contribution in [-0.4, -0.2) is 83.0 Å². The molecule has 2 heterocycles. The topological polar surface area (TPSA) is 164 Å². The zero-order valence-corrected chi connectivity index (χ0v) is 26.9. The molecule has 258 valence electrons. The second-order valence-electron chi connectivity index (χ2n) is 10.8. The van der Waals surface area contributed by atoms with Gasteiger partial charge in [-0.3, -0.25) is 14.8 Å². The van der Waals surface area contributed by atoms with Gasteiger partial charge < -0.3 is 4.74 Å². The molecule has 14 nitrogen and oxygen atoms in total. The molecule has 1 atom stereocenters. The Morgan fingerprint density at radius 2 is 1.59 bits per heavy atom. The molecule has 1 aliphatic rings. The number of carbonyl (C=O) groups excluding carboxylic acids is 3. The maximum Gasteiger partial charge on any atom is 0.435 e. The minimum absolute atomic E-state index is 0.125. The summed E-state index contributed by atoms with van der Waals surface area (Å²) in [6.07, 6.45) is -7.31. The average Bonchev–Trinajstić information content (AvgIpc) is 3.61. The van der Waals surface area contributed by atoms with Gasteiger partial charge in [-0.15, -0.1) is 0 Å². The summed E-state index contributed by atoms with van der Waals surface area (Å²) in [5, 5.41) is 15.2. The first kappa shape index (κ1) is 35.2. The summed E-state index contributed by atoms with van der Waals surface area (Å²) in [6, 6.07) is 18.5. The second kappa shape index (κ2) is 13.8. The van der Waals surface area contributed by atoms with Gasteiger partial charge in [-0.2, -0.15) is 23.3 Å². The predicted molar refractivity (Wildman–Crippen MR) is 164 cm³/mol. The fourth-order valence-electron chi connectivity index (χ4n) is 4.77. The first-order chi connectivity index (χ1) is 23.1. The summed E-state index contributed by atoms with van der Waals surface area (Å²) in [7, 11) is -3.16. The molecule has 2 N–H and O–H groups in total. The highest BCUT2D eigenvalue weighted by Crippen LogP contribution is 2.33. The van der Waals surface area contributed by atoms with Gasteiger partial charge in [0.2, 0.25) is 0 Å². The van der Waals surface area contributed by atoms with Gasteiger partial charge in [-0.25, -0.2) is 32.4 Å². The molecule has 0 radical (unpaired) electrons. The van der Waals surface area contributed by atoms with Gasteiger partial charge in [0.25, 0.3) is 21.8 Å². The fraction of sp³-hybridized carbons (Fsp3) is 0.226. The van der Waals surface area contributed by atoms with Crippen LogP contribution in [-0.2, 0) is 25.8 Å². The van der Waals surface area contributed by atoms with Crippen LogP contribution in [0.3, 0.4) is 0 Å². The van der Waals surface area contributed by atoms with Gasteiger partial charge in [-0.1, -0.05) is 42.0 Å². The summed E-state index contributed by atoms with van der Waals surface area (Å²) in [5.41, 5.74) is 0.848. The fourth-order valence-corrected chi connectivity index (χ4v) is 5.66. The number of aryl methyl sites for hydroxylation is 1. The van der Waals surface area contributed by atoms with E-state index in [0.717, 1.165) is 38.4 Å². The second-order valence-corrected chi connectivity index (χ2v) is 12.5. The minimum atomic E-state index is -4.73. The largest absolute Gasteiger partial charge is 0.447 e. The van der Waals surface area contributed by atoms with E-state index in [2.05, 4.69) is 5.10 Å². The van der Waals surface area contributed by atoms with Gasteiger partial charge in [0.05, 0.1) is 33.9 Å². The Kier molecular flexibility index (Phi) is 9.88. The number of ether oxygens (including phenoxy) is 1. The molecular formula is C31H29F3N6O8S. The number of carbonyl (C=O) groups is 3. The molecule has 0 saturated carbocycles. The van der Waals surface area contributed by atoms with Crippen LogP contribution in [0, 0.1) is 6.92 Å². The molecule has 1 aromatic heterocycles. The normalized spacial score (nSPS) is 14.0. The molecule has 0 saturated heterocycles. The Morgan fingerprint density at radius 1 is 1.00 bits per heavy atom. The van der Waals surface area contributed by atoms with E-state index >= 15 is 0 Å². The molecule has 5 rings (SSSR count). The van der Waals surface area contributed by atoms with Crippen molar-refractivity contribution in [2.24, 2.45) is 0 Å². The van der Waals surface area contributed by atoms with Gasteiger partial charge in [-0.05, 0) is 56.3 Å². The lowest BCUT2D eigenvalue weighted by atomic mass is 10.1. The van der Waals surface area contributed by atoms with Crippen LogP contribution >= 0.6 is 0 Å². The molecule has 4 aromatic rings. The quantitative estimate of drug-likeness (QED) is 0.168. The third kappa shape index (κ3) is 7.63. The molecule has 3 aromatic carbocycles. The van der Waals surface area contributed by atoms with Crippen LogP contribution in [0.25, 0.3) is 16.9 Å². The number of rotatable bonds is 11. The number of nitrogens with one attached hydrogen (secondary N) is 1. The number of aromatic nitrogens is 2. The summed E-state index contributed by atoms with van der Waals surface area (Å²) in [4.78, 5) is 43.2. The van der Waals surface area contributed by atoms with Crippen LogP contribution in [0.2, 0.25) is 0 Å². The van der Waals surface area contributed by atoms with Gasteiger partial charge in [0.15, 0.2) is 11.9 Å². The van der Waals surface area contributed by atoms with E-state index in [0.29, 0.717) is 5.56 Å². The molecular weight excluding hydrogens is 673 g/mol. The summed E-state index contributed by atoms with van der Waals surface area (Å²) in [5.74, 6) is -1.21. The molecule has 1 unspecified atom stereocenters. The predicted octanol–water partition coefficient (Wildman–Crippen LogP) is 4.39. The average molecular weight is 703 g/mol. The molecule has 0 aliphatic carbocycles. The van der Waals surface area contributed by atoms with Crippen molar-refractivity contribution in [3.8, 4) is 16.9 Å². The standard InChI is InChI=1S/C31H29F3N6O8S/c1-19-8-10-21(11-9-19)26-18-27(31(32,33)34)35-39(26)22-12-14-23(15-13-22)49(45,46)36-30(43)47-17-16-37(3)40(44)48-20(2)38-28(41)24-6-4-5-7-25(24)29(38)42/h4-15,18,20,44H,16-17H2,1-3H3,(H,36,43). The van der Waals surface area contributed by atoms with E-state index in [1.54, 1.807) is 41.1 Å². The van der Waals surface area contributed by atoms with Gasteiger partial charge in [0, 0.05) is 17.9 Å². The van der Waals surface area contributed by atoms with Gasteiger partial charge in [0.1, 0.15) is 6.61 Å². The smallest absolute Gasteiger partial charge is 0.435 e. The van der Waals surface area contributed by atoms with Crippen LogP contribution in [0.5, 0.6) is 0 Å². The van der Waals surface area contributed by atoms with E-state index < -0.39 is 52.6 Å². The minimum Gasteiger partial charge on any atom is -0.447 e. The number of hydrazine groups is 1. The zero-order valence-electron chi connectivity index (χ0n) is 26.1. The Hall–Kier alpha value is -5.14. The molecule has 0 bridgehead atoms. The van der Waals surface area contributed by atoms with Crippen molar-refractivity contribution in [2.45, 2.75) is 31.1 Å². The van der Waals surface area contributed by atoms with E-state index in [9.17, 15) is 41.2 Å². The number of hydrogen-bond acceptors (Lipinski definition) is 11. The van der Waals surface area contributed by atoms with Crippen LogP contribution in [0.1, 0.15) is 38.9 Å². The lowest BCUT2D eigenvalue weighted by Gasteiger charge is -2.30. The maximum atomic E-state index is 13.5. The van der Waals surface area contributed by atoms with Crippen LogP contribution in [0.15, 0.2) is 83.8 Å². The van der Waals surface area contributed by atoms with Crippen molar-refractivity contribution in [2.75, 3.05) is 20.2 Å². The monoisotopic (exact) mass is 702 g/mol. The van der Waals surface area contributed by atoms with Crippen molar-refractivity contribution in [3.63, 3.8) is 0 Å². The number of fused-ring (bicyclic) bond motifs is 1. The number of benzene rings is 3. The maximum absolute atomic E-state index is 13.5. The van der Waals surface area contributed by atoms with E-state index in [-0.39, 0.29) is 39.3 Å². The molecule has 1 aliphatic heterocycles. The number of imide groups is 1. The first-order valence-electron chi connectivity index (χ1n) is 14.4. The van der Waals surface area contributed by atoms with Crippen molar-refractivity contribution in [3.05, 3.63) is 101 Å². The molecule has 49 heavy (non-hydrogen) atoms. The SMILES string of the molecule is Cc1ccc(-c2cc(C(F)(F)F)nn2-c2ccc(S(=O)(=O)NC(=O)OCCN(C)N(O)OC(C)N3C(=O)c4ccccc4C3=O)cc2)cc1. The highest BCUT2D eigenvalue weighted by atomic mass is 32.2. The lowest BCUT2D eigenvalue weighted by Crippen LogP contribution is -2.48. The third-order valence-electron chi connectivity index (χ3n) is 7.33. The lowest BCUT2D eigenvalue weighted by molar-refractivity contribution is -0.456. The van der Waals surface area contributed by atoms with Crippen molar-refractivity contribution in [1.82, 2.24) is 29.7 Å². The van der Waals surface area contributed by atoms with Gasteiger partial charge >= 0.3 is 12.3 Å². The van der Waals surface area contributed by atoms with E-state index in [1.165, 1.54) is 38.2 Å². The molecule has 3 amide bonds. The number of nitrogens with zero attached hydrogens (tertiary/aromatic N) is 5. The van der Waals surface area contributed by atoms with E-state index in [1.807, 2.05) is 6.92 Å². The summed E-state index contributed by atoms with van der Waals surface area (Å²) in [6.45, 7) is 2.52. The number of halogens is 3. The Bertz CT molecular complexity index is 1950. The number of amides is 3. The van der Waals surface area contributed by atoms with Crippen molar-refractivity contribution in [1.29, 1.82) is 0 Å². The third-order valence-corrected chi connectivity index (χ3v) is 8.66. The highest BCUT2D eigenvalue weighted by Gasteiger charge is 2.40. The van der Waals surface area contributed by atoms with Crippen molar-refractivity contribution < 1.29 is 50.8 Å². The number of likely N-dealkylation sites (N-methyl/N-ethyl adjacent to an activating group) is 1. The first-order valence-corrected chi connectivity index (χ1v) is 15.9. The zero-order chi connectivity index (χ0) is 35.7. The molecule has 18 heteroatoms. The van der Waals surface area contributed by atoms with Crippen LogP contribution in [0.4, 0.5) is 18.0 Å². The number of sulfonamides is 1. The highest BCUT2D eigenvalue weighted by molar-refractivity contribution is 7.90. The Labute approximate surface area is 277 Å². The van der Waals surface area contributed by atoms with E-state index in [4.69, 9.17) is 9.57 Å². The van der Waals surface area contributed by atoms with Crippen LogP contribution < -0.4 is 4.72 Å². The molecule has 0 spiro atoms. The summed E-state index contributed by atoms with van der Waals surface area (Å²) < 4.78 is 73.8. The Balaban J connectivity index is 1.16.